The number of fused-ring (bicyclic) bond motifs is 1. The Balaban J connectivity index is 1.68. The number of benzene rings is 2. The number of nitrogens with zero attached hydrogens (tertiary/aromatic N) is 2. The molecule has 0 saturated heterocycles. The maximum Gasteiger partial charge on any atom is 0.162 e. The highest BCUT2D eigenvalue weighted by atomic mass is 16.6. The van der Waals surface area contributed by atoms with Crippen LogP contribution in [0.1, 0.15) is 5.56 Å². The van der Waals surface area contributed by atoms with Crippen LogP contribution in [0, 0.1) is 0 Å². The fourth-order valence-corrected chi connectivity index (χ4v) is 3.16. The molecule has 1 aliphatic rings. The quantitative estimate of drug-likeness (QED) is 0.650. The first-order valence-corrected chi connectivity index (χ1v) is 9.20. The average molecular weight is 366 g/mol. The number of nitrogens with two attached hydrogens (primary N) is 1. The summed E-state index contributed by atoms with van der Waals surface area (Å²) in [6.45, 7) is 3.64. The summed E-state index contributed by atoms with van der Waals surface area (Å²) in [6.07, 6.45) is 2.10. The van der Waals surface area contributed by atoms with Gasteiger partial charge in [0.25, 0.3) is 0 Å². The fraction of sp³-hybridized carbons (Fsp3) is 0.286. The summed E-state index contributed by atoms with van der Waals surface area (Å²) >= 11 is 0. The van der Waals surface area contributed by atoms with Crippen molar-refractivity contribution in [3.63, 3.8) is 0 Å². The van der Waals surface area contributed by atoms with E-state index in [1.807, 2.05) is 41.1 Å². The minimum Gasteiger partial charge on any atom is -0.486 e. The molecule has 6 heteroatoms. The van der Waals surface area contributed by atoms with E-state index in [1.54, 1.807) is 7.11 Å². The summed E-state index contributed by atoms with van der Waals surface area (Å²) in [5, 5.41) is 7.10. The van der Waals surface area contributed by atoms with E-state index in [-0.39, 0.29) is 0 Å². The Morgan fingerprint density at radius 2 is 1.89 bits per heavy atom. The molecule has 0 fully saturated rings. The van der Waals surface area contributed by atoms with E-state index < -0.39 is 0 Å². The molecule has 0 unspecified atom stereocenters. The molecule has 0 radical (unpaired) electrons. The zero-order valence-electron chi connectivity index (χ0n) is 15.4. The Kier molecular flexibility index (Phi) is 5.37. The van der Waals surface area contributed by atoms with Gasteiger partial charge < -0.3 is 19.5 Å². The predicted molar refractivity (Wildman–Crippen MR) is 102 cm³/mol. The molecule has 0 spiro atoms. The molecule has 1 aromatic heterocycles. The molecular formula is C21H24N3O3+. The monoisotopic (exact) mass is 366 g/mol. The summed E-state index contributed by atoms with van der Waals surface area (Å²) in [7, 11) is 1.72. The Hall–Kier alpha value is -2.83. The molecule has 3 aromatic rings. The van der Waals surface area contributed by atoms with Crippen molar-refractivity contribution in [2.75, 3.05) is 33.5 Å². The van der Waals surface area contributed by atoms with Crippen LogP contribution >= 0.6 is 0 Å². The van der Waals surface area contributed by atoms with Gasteiger partial charge in [0.1, 0.15) is 25.5 Å². The number of hydrogen-bond acceptors (Lipinski definition) is 4. The largest absolute Gasteiger partial charge is 0.486 e. The summed E-state index contributed by atoms with van der Waals surface area (Å²) in [4.78, 5) is 0. The number of quaternary nitrogens is 1. The number of methoxy groups -OCH3 is 1. The van der Waals surface area contributed by atoms with E-state index in [0.29, 0.717) is 13.2 Å². The van der Waals surface area contributed by atoms with Crippen LogP contribution in [0.15, 0.2) is 54.7 Å². The Morgan fingerprint density at radius 1 is 1.07 bits per heavy atom. The first-order valence-electron chi connectivity index (χ1n) is 9.20. The first kappa shape index (κ1) is 17.6. The van der Waals surface area contributed by atoms with Crippen LogP contribution in [0.5, 0.6) is 11.5 Å². The minimum atomic E-state index is 0.576. The summed E-state index contributed by atoms with van der Waals surface area (Å²) < 4.78 is 18.5. The Bertz CT molecular complexity index is 893. The van der Waals surface area contributed by atoms with Crippen molar-refractivity contribution >= 4 is 0 Å². The van der Waals surface area contributed by atoms with Gasteiger partial charge in [0.2, 0.25) is 0 Å². The van der Waals surface area contributed by atoms with Crippen LogP contribution in [0.2, 0.25) is 0 Å². The fourth-order valence-electron chi connectivity index (χ4n) is 3.16. The molecule has 0 saturated carbocycles. The molecule has 140 valence electrons. The summed E-state index contributed by atoms with van der Waals surface area (Å²) in [6, 6.07) is 16.2. The van der Waals surface area contributed by atoms with Crippen molar-refractivity contribution in [2.24, 2.45) is 0 Å². The van der Waals surface area contributed by atoms with Crippen LogP contribution < -0.4 is 14.8 Å². The van der Waals surface area contributed by atoms with E-state index in [1.165, 1.54) is 5.56 Å². The smallest absolute Gasteiger partial charge is 0.162 e. The maximum atomic E-state index is 5.75. The molecular weight excluding hydrogens is 342 g/mol. The highest BCUT2D eigenvalue weighted by molar-refractivity contribution is 5.67. The maximum absolute atomic E-state index is 5.75. The summed E-state index contributed by atoms with van der Waals surface area (Å²) in [5.41, 5.74) is 4.21. The van der Waals surface area contributed by atoms with E-state index in [0.717, 1.165) is 48.1 Å². The minimum absolute atomic E-state index is 0.576. The van der Waals surface area contributed by atoms with Gasteiger partial charge in [-0.25, -0.2) is 4.68 Å². The van der Waals surface area contributed by atoms with Gasteiger partial charge in [-0.3, -0.25) is 0 Å². The molecule has 6 nitrogen and oxygen atoms in total. The molecule has 2 heterocycles. The van der Waals surface area contributed by atoms with Crippen molar-refractivity contribution in [1.29, 1.82) is 0 Å². The Labute approximate surface area is 158 Å². The first-order chi connectivity index (χ1) is 13.3. The van der Waals surface area contributed by atoms with Gasteiger partial charge in [-0.2, -0.15) is 5.10 Å². The third-order valence-corrected chi connectivity index (χ3v) is 4.52. The standard InChI is InChI=1S/C21H23N3O3/c1-25-10-9-22-14-17-15-24(18-5-3-2-4-6-18)23-21(17)16-7-8-19-20(13-16)27-12-11-26-19/h2-8,13,15,22H,9-12,14H2,1H3/p+1. The molecule has 0 amide bonds. The van der Waals surface area contributed by atoms with Crippen molar-refractivity contribution in [3.8, 4) is 28.4 Å². The molecule has 2 N–H and O–H groups in total. The number of aromatic nitrogens is 2. The molecule has 27 heavy (non-hydrogen) atoms. The highest BCUT2D eigenvalue weighted by Crippen LogP contribution is 2.35. The van der Waals surface area contributed by atoms with Crippen LogP contribution in [0.25, 0.3) is 16.9 Å². The molecule has 0 bridgehead atoms. The van der Waals surface area contributed by atoms with Gasteiger partial charge >= 0.3 is 0 Å². The number of ether oxygens (including phenoxy) is 3. The predicted octanol–water partition coefficient (Wildman–Crippen LogP) is 2.02. The number of hydrogen-bond donors (Lipinski definition) is 1. The highest BCUT2D eigenvalue weighted by Gasteiger charge is 2.17. The van der Waals surface area contributed by atoms with Crippen LogP contribution in [-0.4, -0.2) is 43.3 Å². The zero-order chi connectivity index (χ0) is 18.5. The lowest BCUT2D eigenvalue weighted by Crippen LogP contribution is -2.83. The lowest BCUT2D eigenvalue weighted by molar-refractivity contribution is -0.671. The van der Waals surface area contributed by atoms with Crippen molar-refractivity contribution in [3.05, 3.63) is 60.3 Å². The lowest BCUT2D eigenvalue weighted by atomic mass is 10.1. The molecule has 0 aliphatic carbocycles. The van der Waals surface area contributed by atoms with E-state index in [4.69, 9.17) is 19.3 Å². The van der Waals surface area contributed by atoms with Gasteiger partial charge in [-0.1, -0.05) is 18.2 Å². The van der Waals surface area contributed by atoms with Gasteiger partial charge in [0, 0.05) is 18.9 Å². The normalized spacial score (nSPS) is 12.9. The second-order valence-electron chi connectivity index (χ2n) is 6.42. The number of rotatable bonds is 7. The number of para-hydroxylation sites is 1. The van der Waals surface area contributed by atoms with E-state index in [2.05, 4.69) is 23.6 Å². The SMILES string of the molecule is COCC[NH2+]Cc1cn(-c2ccccc2)nc1-c1ccc2c(c1)OCCO2. The van der Waals surface area contributed by atoms with Crippen LogP contribution in [-0.2, 0) is 11.3 Å². The molecule has 4 rings (SSSR count). The molecule has 1 aliphatic heterocycles. The third kappa shape index (κ3) is 3.97. The second-order valence-corrected chi connectivity index (χ2v) is 6.42. The summed E-state index contributed by atoms with van der Waals surface area (Å²) in [5.74, 6) is 1.57. The van der Waals surface area contributed by atoms with Crippen molar-refractivity contribution < 1.29 is 19.5 Å². The van der Waals surface area contributed by atoms with Gasteiger partial charge in [-0.15, -0.1) is 0 Å². The third-order valence-electron chi connectivity index (χ3n) is 4.52. The van der Waals surface area contributed by atoms with Crippen LogP contribution in [0.4, 0.5) is 0 Å². The van der Waals surface area contributed by atoms with Crippen molar-refractivity contribution in [1.82, 2.24) is 9.78 Å². The van der Waals surface area contributed by atoms with Crippen molar-refractivity contribution in [2.45, 2.75) is 6.54 Å². The Morgan fingerprint density at radius 3 is 2.70 bits per heavy atom. The molecule has 0 atom stereocenters. The topological polar surface area (TPSA) is 62.1 Å². The molecule has 2 aromatic carbocycles. The van der Waals surface area contributed by atoms with E-state index >= 15 is 0 Å². The second kappa shape index (κ2) is 8.24. The van der Waals surface area contributed by atoms with Gasteiger partial charge in [0.05, 0.1) is 24.4 Å². The van der Waals surface area contributed by atoms with E-state index in [9.17, 15) is 0 Å². The van der Waals surface area contributed by atoms with Gasteiger partial charge in [0.15, 0.2) is 11.5 Å². The average Bonchev–Trinajstić information content (AvgIpc) is 3.16. The van der Waals surface area contributed by atoms with Gasteiger partial charge in [-0.05, 0) is 30.3 Å². The lowest BCUT2D eigenvalue weighted by Gasteiger charge is -2.18. The van der Waals surface area contributed by atoms with Crippen LogP contribution in [0.3, 0.4) is 0 Å². The zero-order valence-corrected chi connectivity index (χ0v) is 15.4.